The van der Waals surface area contributed by atoms with Crippen molar-refractivity contribution in [1.82, 2.24) is 4.98 Å². The van der Waals surface area contributed by atoms with Gasteiger partial charge >= 0.3 is 0 Å². The molecule has 0 aliphatic heterocycles. The highest BCUT2D eigenvalue weighted by Crippen LogP contribution is 2.14. The number of nitrogen functional groups attached to an aromatic ring is 1. The third kappa shape index (κ3) is 1.46. The normalized spacial score (nSPS) is 9.00. The van der Waals surface area contributed by atoms with Crippen LogP contribution in [0.1, 0.15) is 11.3 Å². The van der Waals surface area contributed by atoms with Crippen LogP contribution >= 0.6 is 0 Å². The van der Waals surface area contributed by atoms with Gasteiger partial charge in [-0.15, -0.1) is 6.42 Å². The summed E-state index contributed by atoms with van der Waals surface area (Å²) in [5.41, 5.74) is 7.77. The maximum absolute atomic E-state index is 5.50. The summed E-state index contributed by atoms with van der Waals surface area (Å²) in [5, 5.41) is 0. The van der Waals surface area contributed by atoms with Crippen LogP contribution in [0.2, 0.25) is 0 Å². The number of nitrogens with two attached hydrogens (primary N) is 1. The zero-order valence-electron chi connectivity index (χ0n) is 6.96. The van der Waals surface area contributed by atoms with Crippen LogP contribution in [-0.4, -0.2) is 4.98 Å². The lowest BCUT2D eigenvalue weighted by Crippen LogP contribution is -1.96. The molecule has 2 heteroatoms. The molecule has 0 aromatic carbocycles. The molecule has 0 spiro atoms. The largest absolute Gasteiger partial charge is 0.384 e. The van der Waals surface area contributed by atoms with Crippen LogP contribution in [-0.2, 0) is 0 Å². The van der Waals surface area contributed by atoms with Crippen molar-refractivity contribution in [2.45, 2.75) is 6.92 Å². The van der Waals surface area contributed by atoms with Crippen LogP contribution in [0.25, 0.3) is 5.57 Å². The third-order valence-electron chi connectivity index (χ3n) is 1.58. The molecule has 0 aliphatic rings. The molecule has 1 aromatic rings. The number of hydrogen-bond donors (Lipinski definition) is 1. The summed E-state index contributed by atoms with van der Waals surface area (Å²) >= 11 is 0. The molecule has 2 nitrogen and oxygen atoms in total. The van der Waals surface area contributed by atoms with E-state index < -0.39 is 0 Å². The molecule has 0 aliphatic carbocycles. The zero-order chi connectivity index (χ0) is 9.14. The topological polar surface area (TPSA) is 38.9 Å². The molecule has 2 N–H and O–H groups in total. The van der Waals surface area contributed by atoms with Crippen molar-refractivity contribution in [2.75, 3.05) is 5.73 Å². The SMILES string of the molecule is C#CC(=C)c1nc(N)ccc1C. The third-order valence-corrected chi connectivity index (χ3v) is 1.58. The highest BCUT2D eigenvalue weighted by Gasteiger charge is 2.01. The first-order valence-electron chi connectivity index (χ1n) is 3.54. The Labute approximate surface area is 72.1 Å². The standard InChI is InChI=1S/C10H10N2/c1-4-7(2)10-8(3)5-6-9(11)12-10/h1,5-6H,2H2,3H3,(H2,11,12). The fourth-order valence-corrected chi connectivity index (χ4v) is 0.918. The van der Waals surface area contributed by atoms with E-state index >= 15 is 0 Å². The van der Waals surface area contributed by atoms with Gasteiger partial charge in [0, 0.05) is 5.57 Å². The molecular formula is C10H10N2. The first kappa shape index (κ1) is 8.35. The van der Waals surface area contributed by atoms with E-state index in [1.54, 1.807) is 6.07 Å². The minimum Gasteiger partial charge on any atom is -0.384 e. The van der Waals surface area contributed by atoms with Gasteiger partial charge in [-0.25, -0.2) is 4.98 Å². The molecule has 0 radical (unpaired) electrons. The number of hydrogen-bond acceptors (Lipinski definition) is 2. The van der Waals surface area contributed by atoms with E-state index in [4.69, 9.17) is 12.2 Å². The number of anilines is 1. The highest BCUT2D eigenvalue weighted by atomic mass is 14.8. The van der Waals surface area contributed by atoms with Crippen molar-refractivity contribution < 1.29 is 0 Å². The number of aryl methyl sites for hydroxylation is 1. The van der Waals surface area contributed by atoms with E-state index in [0.717, 1.165) is 5.56 Å². The molecule has 0 bridgehead atoms. The van der Waals surface area contributed by atoms with E-state index in [1.807, 2.05) is 13.0 Å². The average molecular weight is 158 g/mol. The van der Waals surface area contributed by atoms with Gasteiger partial charge < -0.3 is 5.73 Å². The molecule has 1 heterocycles. The van der Waals surface area contributed by atoms with Crippen LogP contribution in [0.4, 0.5) is 5.82 Å². The number of nitrogens with zero attached hydrogens (tertiary/aromatic N) is 1. The summed E-state index contributed by atoms with van der Waals surface area (Å²) < 4.78 is 0. The van der Waals surface area contributed by atoms with Gasteiger partial charge in [-0.3, -0.25) is 0 Å². The molecule has 0 saturated carbocycles. The Balaban J connectivity index is 3.25. The lowest BCUT2D eigenvalue weighted by atomic mass is 10.1. The second-order valence-electron chi connectivity index (χ2n) is 2.52. The smallest absolute Gasteiger partial charge is 0.124 e. The minimum absolute atomic E-state index is 0.465. The van der Waals surface area contributed by atoms with Crippen molar-refractivity contribution in [3.63, 3.8) is 0 Å². The molecular weight excluding hydrogens is 148 g/mol. The first-order valence-corrected chi connectivity index (χ1v) is 3.54. The van der Waals surface area contributed by atoms with E-state index in [0.29, 0.717) is 17.1 Å². The van der Waals surface area contributed by atoms with Crippen molar-refractivity contribution in [3.05, 3.63) is 30.0 Å². The molecule has 1 aromatic heterocycles. The number of allylic oxidation sites excluding steroid dienone is 1. The van der Waals surface area contributed by atoms with Crippen LogP contribution < -0.4 is 5.73 Å². The molecule has 1 rings (SSSR count). The van der Waals surface area contributed by atoms with E-state index in [1.165, 1.54) is 0 Å². The quantitative estimate of drug-likeness (QED) is 0.631. The van der Waals surface area contributed by atoms with Crippen LogP contribution in [0.5, 0.6) is 0 Å². The van der Waals surface area contributed by atoms with Crippen molar-refractivity contribution in [3.8, 4) is 12.3 Å². The van der Waals surface area contributed by atoms with E-state index in [2.05, 4.69) is 17.5 Å². The summed E-state index contributed by atoms with van der Waals surface area (Å²) in [6, 6.07) is 3.61. The molecule has 60 valence electrons. The van der Waals surface area contributed by atoms with Gasteiger partial charge in [-0.2, -0.15) is 0 Å². The van der Waals surface area contributed by atoms with Gasteiger partial charge in [0.1, 0.15) is 5.82 Å². The Morgan fingerprint density at radius 1 is 1.67 bits per heavy atom. The first-order chi connectivity index (χ1) is 5.65. The molecule has 0 amide bonds. The molecule has 0 saturated heterocycles. The van der Waals surface area contributed by atoms with Gasteiger partial charge in [-0.1, -0.05) is 18.6 Å². The van der Waals surface area contributed by atoms with Crippen LogP contribution in [0, 0.1) is 19.3 Å². The Morgan fingerprint density at radius 3 is 2.92 bits per heavy atom. The number of rotatable bonds is 1. The van der Waals surface area contributed by atoms with Gasteiger partial charge in [0.05, 0.1) is 5.69 Å². The maximum atomic E-state index is 5.50. The van der Waals surface area contributed by atoms with Gasteiger partial charge in [0.2, 0.25) is 0 Å². The van der Waals surface area contributed by atoms with Gasteiger partial charge in [-0.05, 0) is 18.6 Å². The highest BCUT2D eigenvalue weighted by molar-refractivity contribution is 5.76. The second-order valence-corrected chi connectivity index (χ2v) is 2.52. The molecule has 0 atom stereocenters. The predicted octanol–water partition coefficient (Wildman–Crippen LogP) is 1.62. The van der Waals surface area contributed by atoms with Crippen molar-refractivity contribution >= 4 is 11.4 Å². The summed E-state index contributed by atoms with van der Waals surface area (Å²) in [6.45, 7) is 5.61. The Bertz CT molecular complexity index is 359. The van der Waals surface area contributed by atoms with Gasteiger partial charge in [0.15, 0.2) is 0 Å². The lowest BCUT2D eigenvalue weighted by Gasteiger charge is -2.02. The fourth-order valence-electron chi connectivity index (χ4n) is 0.918. The van der Waals surface area contributed by atoms with Crippen LogP contribution in [0.15, 0.2) is 18.7 Å². The summed E-state index contributed by atoms with van der Waals surface area (Å²) in [4.78, 5) is 4.08. The predicted molar refractivity (Wildman–Crippen MR) is 51.3 cm³/mol. The Morgan fingerprint density at radius 2 is 2.33 bits per heavy atom. The average Bonchev–Trinajstić information content (AvgIpc) is 2.08. The molecule has 12 heavy (non-hydrogen) atoms. The van der Waals surface area contributed by atoms with E-state index in [9.17, 15) is 0 Å². The van der Waals surface area contributed by atoms with Gasteiger partial charge in [0.25, 0.3) is 0 Å². The second kappa shape index (κ2) is 3.10. The number of aromatic nitrogens is 1. The number of pyridine rings is 1. The number of terminal acetylenes is 1. The lowest BCUT2D eigenvalue weighted by molar-refractivity contribution is 1.24. The minimum atomic E-state index is 0.465. The summed E-state index contributed by atoms with van der Waals surface area (Å²) in [5.74, 6) is 2.90. The summed E-state index contributed by atoms with van der Waals surface area (Å²) in [7, 11) is 0. The Hall–Kier alpha value is -1.75. The fraction of sp³-hybridized carbons (Fsp3) is 0.100. The molecule has 0 fully saturated rings. The van der Waals surface area contributed by atoms with Crippen LogP contribution in [0.3, 0.4) is 0 Å². The Kier molecular flexibility index (Phi) is 2.16. The van der Waals surface area contributed by atoms with E-state index in [-0.39, 0.29) is 0 Å². The zero-order valence-corrected chi connectivity index (χ0v) is 6.96. The van der Waals surface area contributed by atoms with Crippen molar-refractivity contribution in [2.24, 2.45) is 0 Å². The van der Waals surface area contributed by atoms with Crippen molar-refractivity contribution in [1.29, 1.82) is 0 Å². The summed E-state index contributed by atoms with van der Waals surface area (Å²) in [6.07, 6.45) is 5.19. The maximum Gasteiger partial charge on any atom is 0.124 e. The monoisotopic (exact) mass is 158 g/mol. The molecule has 0 unspecified atom stereocenters.